The number of thioether (sulfide) groups is 1. The van der Waals surface area contributed by atoms with Gasteiger partial charge >= 0.3 is 0 Å². The number of aromatic nitrogens is 2. The zero-order valence-electron chi connectivity index (χ0n) is 15.2. The number of amides is 1. The number of benzene rings is 1. The highest BCUT2D eigenvalue weighted by Crippen LogP contribution is 2.22. The van der Waals surface area contributed by atoms with E-state index in [0.29, 0.717) is 16.9 Å². The van der Waals surface area contributed by atoms with Crippen LogP contribution in [-0.2, 0) is 11.3 Å². The summed E-state index contributed by atoms with van der Waals surface area (Å²) in [5.41, 5.74) is 1.07. The second kappa shape index (κ2) is 11.0. The minimum Gasteiger partial charge on any atom is -0.356 e. The number of nitrogens with one attached hydrogen (secondary N) is 1. The molecule has 1 aromatic heterocycles. The van der Waals surface area contributed by atoms with Crippen molar-refractivity contribution in [2.24, 2.45) is 0 Å². The summed E-state index contributed by atoms with van der Waals surface area (Å²) in [5, 5.41) is 3.83. The molecule has 0 aliphatic heterocycles. The number of hydrogen-bond acceptors (Lipinski definition) is 5. The summed E-state index contributed by atoms with van der Waals surface area (Å²) in [7, 11) is 0. The van der Waals surface area contributed by atoms with E-state index in [2.05, 4.69) is 34.0 Å². The molecule has 0 fully saturated rings. The Labute approximate surface area is 164 Å². The van der Waals surface area contributed by atoms with Crippen molar-refractivity contribution in [2.75, 3.05) is 23.7 Å². The van der Waals surface area contributed by atoms with E-state index in [1.165, 1.54) is 11.8 Å². The monoisotopic (exact) mass is 392 g/mol. The van der Waals surface area contributed by atoms with Crippen LogP contribution in [0.4, 0.5) is 5.82 Å². The Balaban J connectivity index is 1.92. The maximum atomic E-state index is 12.1. The van der Waals surface area contributed by atoms with Gasteiger partial charge in [-0.25, -0.2) is 9.97 Å². The molecule has 1 heterocycles. The maximum Gasteiger partial charge on any atom is 0.230 e. The van der Waals surface area contributed by atoms with Gasteiger partial charge in [0, 0.05) is 25.7 Å². The van der Waals surface area contributed by atoms with Gasteiger partial charge in [-0.05, 0) is 18.4 Å². The highest BCUT2D eigenvalue weighted by atomic mass is 35.5. The van der Waals surface area contributed by atoms with Crippen molar-refractivity contribution in [1.82, 2.24) is 15.3 Å². The summed E-state index contributed by atoms with van der Waals surface area (Å²) >= 11 is 7.46. The molecule has 0 bridgehead atoms. The van der Waals surface area contributed by atoms with Crippen molar-refractivity contribution in [3.05, 3.63) is 47.1 Å². The topological polar surface area (TPSA) is 58.1 Å². The molecule has 140 valence electrons. The largest absolute Gasteiger partial charge is 0.356 e. The number of rotatable bonds is 10. The first-order chi connectivity index (χ1) is 12.6. The predicted molar refractivity (Wildman–Crippen MR) is 109 cm³/mol. The Morgan fingerprint density at radius 1 is 1.15 bits per heavy atom. The molecule has 2 rings (SSSR count). The highest BCUT2D eigenvalue weighted by Gasteiger charge is 2.12. The van der Waals surface area contributed by atoms with Crippen molar-refractivity contribution in [3.8, 4) is 0 Å². The van der Waals surface area contributed by atoms with Gasteiger partial charge in [-0.1, -0.05) is 67.5 Å². The number of hydrogen-bond donors (Lipinski definition) is 1. The van der Waals surface area contributed by atoms with Gasteiger partial charge in [0.25, 0.3) is 0 Å². The molecule has 0 unspecified atom stereocenters. The Kier molecular flexibility index (Phi) is 8.71. The molecule has 7 heteroatoms. The predicted octanol–water partition coefficient (Wildman–Crippen LogP) is 4.16. The molecule has 0 aliphatic carbocycles. The SMILES string of the molecule is CCCN(CCC)c1cc(Cl)nc(SCC(=O)NCc2ccccc2)n1. The fourth-order valence-corrected chi connectivity index (χ4v) is 3.38. The standard InChI is InChI=1S/C19H25ClN4OS/c1-3-10-24(11-4-2)17-12-16(20)22-19(23-17)26-14-18(25)21-13-15-8-6-5-7-9-15/h5-9,12H,3-4,10-11,13-14H2,1-2H3,(H,21,25). The Morgan fingerprint density at radius 3 is 2.50 bits per heavy atom. The summed E-state index contributed by atoms with van der Waals surface area (Å²) in [6.07, 6.45) is 2.07. The van der Waals surface area contributed by atoms with Crippen LogP contribution in [0.2, 0.25) is 5.15 Å². The molecule has 0 spiro atoms. The van der Waals surface area contributed by atoms with Crippen LogP contribution in [0.25, 0.3) is 0 Å². The Morgan fingerprint density at radius 2 is 1.85 bits per heavy atom. The normalized spacial score (nSPS) is 10.6. The smallest absolute Gasteiger partial charge is 0.230 e. The summed E-state index contributed by atoms with van der Waals surface area (Å²) in [6, 6.07) is 11.6. The van der Waals surface area contributed by atoms with Gasteiger partial charge in [0.1, 0.15) is 11.0 Å². The van der Waals surface area contributed by atoms with Crippen LogP contribution in [0.1, 0.15) is 32.3 Å². The van der Waals surface area contributed by atoms with Crippen molar-refractivity contribution < 1.29 is 4.79 Å². The molecule has 1 aromatic carbocycles. The van der Waals surface area contributed by atoms with Gasteiger partial charge in [-0.15, -0.1) is 0 Å². The molecule has 0 radical (unpaired) electrons. The molecule has 0 saturated heterocycles. The lowest BCUT2D eigenvalue weighted by Gasteiger charge is -2.22. The fourth-order valence-electron chi connectivity index (χ4n) is 2.47. The van der Waals surface area contributed by atoms with Gasteiger partial charge in [0.2, 0.25) is 5.91 Å². The molecule has 1 N–H and O–H groups in total. The Hall–Kier alpha value is -1.79. The van der Waals surface area contributed by atoms with Gasteiger partial charge < -0.3 is 10.2 Å². The average molecular weight is 393 g/mol. The lowest BCUT2D eigenvalue weighted by molar-refractivity contribution is -0.118. The molecule has 2 aromatic rings. The van der Waals surface area contributed by atoms with Crippen molar-refractivity contribution in [2.45, 2.75) is 38.4 Å². The van der Waals surface area contributed by atoms with Crippen LogP contribution < -0.4 is 10.2 Å². The molecule has 0 aliphatic rings. The van der Waals surface area contributed by atoms with E-state index < -0.39 is 0 Å². The van der Waals surface area contributed by atoms with Crippen molar-refractivity contribution in [3.63, 3.8) is 0 Å². The molecule has 5 nitrogen and oxygen atoms in total. The molecule has 0 saturated carbocycles. The number of carbonyl (C=O) groups is 1. The van der Waals surface area contributed by atoms with Crippen molar-refractivity contribution >= 4 is 35.1 Å². The molecular weight excluding hydrogens is 368 g/mol. The number of halogens is 1. The second-order valence-electron chi connectivity index (χ2n) is 5.87. The zero-order chi connectivity index (χ0) is 18.8. The first-order valence-electron chi connectivity index (χ1n) is 8.85. The van der Waals surface area contributed by atoms with E-state index in [1.807, 2.05) is 30.3 Å². The van der Waals surface area contributed by atoms with Gasteiger partial charge in [-0.3, -0.25) is 4.79 Å². The third-order valence-corrected chi connectivity index (χ3v) is 4.68. The van der Waals surface area contributed by atoms with Gasteiger partial charge in [0.15, 0.2) is 5.16 Å². The summed E-state index contributed by atoms with van der Waals surface area (Å²) in [4.78, 5) is 23.1. The van der Waals surface area contributed by atoms with E-state index in [0.717, 1.165) is 37.3 Å². The molecule has 1 amide bonds. The third-order valence-electron chi connectivity index (χ3n) is 3.64. The fraction of sp³-hybridized carbons (Fsp3) is 0.421. The van der Waals surface area contributed by atoms with Crippen LogP contribution in [0.5, 0.6) is 0 Å². The van der Waals surface area contributed by atoms with E-state index in [1.54, 1.807) is 6.07 Å². The molecule has 26 heavy (non-hydrogen) atoms. The number of anilines is 1. The summed E-state index contributed by atoms with van der Waals surface area (Å²) in [5.74, 6) is 1.03. The lowest BCUT2D eigenvalue weighted by atomic mass is 10.2. The van der Waals surface area contributed by atoms with Gasteiger partial charge in [0.05, 0.1) is 5.75 Å². The van der Waals surface area contributed by atoms with Crippen LogP contribution in [-0.4, -0.2) is 34.7 Å². The quantitative estimate of drug-likeness (QED) is 0.373. The first kappa shape index (κ1) is 20.5. The maximum absolute atomic E-state index is 12.1. The van der Waals surface area contributed by atoms with E-state index in [4.69, 9.17) is 11.6 Å². The summed E-state index contributed by atoms with van der Waals surface area (Å²) in [6.45, 7) is 6.63. The first-order valence-corrected chi connectivity index (χ1v) is 10.2. The van der Waals surface area contributed by atoms with Crippen LogP contribution in [0.3, 0.4) is 0 Å². The highest BCUT2D eigenvalue weighted by molar-refractivity contribution is 7.99. The van der Waals surface area contributed by atoms with Crippen molar-refractivity contribution in [1.29, 1.82) is 0 Å². The van der Waals surface area contributed by atoms with Gasteiger partial charge in [-0.2, -0.15) is 0 Å². The lowest BCUT2D eigenvalue weighted by Crippen LogP contribution is -2.26. The minimum absolute atomic E-state index is 0.0528. The van der Waals surface area contributed by atoms with Crippen LogP contribution in [0.15, 0.2) is 41.6 Å². The third kappa shape index (κ3) is 6.84. The van der Waals surface area contributed by atoms with Crippen LogP contribution in [0, 0.1) is 0 Å². The van der Waals surface area contributed by atoms with E-state index >= 15 is 0 Å². The summed E-state index contributed by atoms with van der Waals surface area (Å²) < 4.78 is 0. The minimum atomic E-state index is -0.0528. The van der Waals surface area contributed by atoms with E-state index in [9.17, 15) is 4.79 Å². The average Bonchev–Trinajstić information content (AvgIpc) is 2.65. The molecular formula is C19H25ClN4OS. The molecule has 0 atom stereocenters. The number of nitrogens with zero attached hydrogens (tertiary/aromatic N) is 3. The Bertz CT molecular complexity index is 693. The zero-order valence-corrected chi connectivity index (χ0v) is 16.8. The number of carbonyl (C=O) groups excluding carboxylic acids is 1. The van der Waals surface area contributed by atoms with E-state index in [-0.39, 0.29) is 11.7 Å². The second-order valence-corrected chi connectivity index (χ2v) is 7.20. The van der Waals surface area contributed by atoms with Crippen LogP contribution >= 0.6 is 23.4 Å².